The van der Waals surface area contributed by atoms with Crippen molar-refractivity contribution >= 4 is 35.7 Å². The molecule has 0 fully saturated rings. The Morgan fingerprint density at radius 2 is 1.95 bits per heavy atom. The third kappa shape index (κ3) is 5.36. The molecular weight excluding hydrogens is 355 g/mol. The van der Waals surface area contributed by atoms with Crippen LogP contribution in [0.3, 0.4) is 0 Å². The van der Waals surface area contributed by atoms with E-state index in [9.17, 15) is 5.11 Å². The third-order valence-corrected chi connectivity index (χ3v) is 2.72. The summed E-state index contributed by atoms with van der Waals surface area (Å²) < 4.78 is 5.94. The zero-order valence-electron chi connectivity index (χ0n) is 12.3. The van der Waals surface area contributed by atoms with Gasteiger partial charge in [0.05, 0.1) is 21.1 Å². The summed E-state index contributed by atoms with van der Waals surface area (Å²) in [5, 5.41) is 11.2. The topological polar surface area (TPSA) is 44.6 Å². The van der Waals surface area contributed by atoms with Crippen LogP contribution >= 0.6 is 24.0 Å². The Labute approximate surface area is 132 Å². The highest BCUT2D eigenvalue weighted by Gasteiger charge is 2.13. The van der Waals surface area contributed by atoms with Gasteiger partial charge in [-0.15, -0.1) is 24.0 Å². The largest absolute Gasteiger partial charge is 0.566 e. The van der Waals surface area contributed by atoms with E-state index < -0.39 is 6.08 Å². The maximum absolute atomic E-state index is 11.2. The summed E-state index contributed by atoms with van der Waals surface area (Å²) in [5.41, 5.74) is 2.24. The molecule has 0 aliphatic carbocycles. The number of aliphatic imine (C=N–C) groups is 1. The molecule has 0 radical (unpaired) electrons. The Balaban J connectivity index is 0.00000324. The number of quaternary nitrogens is 1. The molecule has 0 amide bonds. The molecule has 1 aromatic rings. The highest BCUT2D eigenvalue weighted by Crippen LogP contribution is 2.27. The van der Waals surface area contributed by atoms with Crippen molar-refractivity contribution in [2.45, 2.75) is 19.8 Å². The zero-order valence-corrected chi connectivity index (χ0v) is 14.6. The highest BCUT2D eigenvalue weighted by molar-refractivity contribution is 14.0. The SMILES string of the molecule is CCCc1cc([N+](C)(C)C)ccc1OC([O-])=NC.I. The monoisotopic (exact) mass is 378 g/mol. The molecule has 1 aromatic carbocycles. The minimum atomic E-state index is -0.551. The summed E-state index contributed by atoms with van der Waals surface area (Å²) in [7, 11) is 7.76. The first-order valence-electron chi connectivity index (χ1n) is 6.15. The van der Waals surface area contributed by atoms with Gasteiger partial charge in [0, 0.05) is 24.9 Å². The molecule has 0 heterocycles. The Hall–Kier alpha value is -0.820. The summed E-state index contributed by atoms with van der Waals surface area (Å²) in [5.74, 6) is 0.615. The number of aryl methyl sites for hydroxylation is 1. The van der Waals surface area contributed by atoms with Gasteiger partial charge in [-0.25, -0.2) is 0 Å². The Morgan fingerprint density at radius 1 is 1.32 bits per heavy atom. The predicted octanol–water partition coefficient (Wildman–Crippen LogP) is 2.18. The third-order valence-electron chi connectivity index (χ3n) is 2.72. The van der Waals surface area contributed by atoms with Crippen molar-refractivity contribution in [1.82, 2.24) is 4.48 Å². The van der Waals surface area contributed by atoms with Gasteiger partial charge in [0.1, 0.15) is 11.8 Å². The van der Waals surface area contributed by atoms with Gasteiger partial charge in [-0.05, 0) is 18.1 Å². The van der Waals surface area contributed by atoms with E-state index in [0.29, 0.717) is 5.75 Å². The van der Waals surface area contributed by atoms with E-state index in [2.05, 4.69) is 39.1 Å². The van der Waals surface area contributed by atoms with Gasteiger partial charge in [-0.3, -0.25) is 9.48 Å². The lowest BCUT2D eigenvalue weighted by atomic mass is 10.1. The summed E-state index contributed by atoms with van der Waals surface area (Å²) in [6, 6.07) is 5.94. The van der Waals surface area contributed by atoms with Gasteiger partial charge in [0.15, 0.2) is 0 Å². The lowest BCUT2D eigenvalue weighted by Crippen LogP contribution is -2.34. The van der Waals surface area contributed by atoms with E-state index in [1.54, 1.807) is 0 Å². The van der Waals surface area contributed by atoms with Crippen LogP contribution in [0.5, 0.6) is 5.75 Å². The quantitative estimate of drug-likeness (QED) is 0.349. The fraction of sp³-hybridized carbons (Fsp3) is 0.500. The zero-order chi connectivity index (χ0) is 13.8. The van der Waals surface area contributed by atoms with Crippen molar-refractivity contribution in [3.63, 3.8) is 0 Å². The molecule has 0 saturated carbocycles. The smallest absolute Gasteiger partial charge is 0.149 e. The van der Waals surface area contributed by atoms with E-state index in [0.717, 1.165) is 22.9 Å². The molecule has 4 nitrogen and oxygen atoms in total. The average molecular weight is 378 g/mol. The van der Waals surface area contributed by atoms with E-state index >= 15 is 0 Å². The van der Waals surface area contributed by atoms with E-state index in [1.165, 1.54) is 12.7 Å². The molecule has 19 heavy (non-hydrogen) atoms. The number of hydrogen-bond donors (Lipinski definition) is 0. The van der Waals surface area contributed by atoms with Crippen LogP contribution in [0.1, 0.15) is 18.9 Å². The molecule has 0 spiro atoms. The van der Waals surface area contributed by atoms with E-state index in [4.69, 9.17) is 4.74 Å². The number of hydrogen-bond acceptors (Lipinski definition) is 3. The summed E-state index contributed by atoms with van der Waals surface area (Å²) in [6.07, 6.45) is 1.35. The van der Waals surface area contributed by atoms with Gasteiger partial charge < -0.3 is 9.84 Å². The van der Waals surface area contributed by atoms with Crippen LogP contribution < -0.4 is 14.3 Å². The molecule has 0 bridgehead atoms. The minimum absolute atomic E-state index is 0. The number of rotatable bonds is 4. The van der Waals surface area contributed by atoms with Crippen LogP contribution in [-0.4, -0.2) is 34.3 Å². The van der Waals surface area contributed by atoms with Crippen molar-refractivity contribution in [1.29, 1.82) is 0 Å². The van der Waals surface area contributed by atoms with Crippen molar-refractivity contribution in [3.8, 4) is 5.75 Å². The van der Waals surface area contributed by atoms with Crippen LogP contribution in [0.2, 0.25) is 0 Å². The second kappa shape index (κ2) is 7.69. The Morgan fingerprint density at radius 3 is 2.42 bits per heavy atom. The first kappa shape index (κ1) is 18.2. The van der Waals surface area contributed by atoms with Gasteiger partial charge in [-0.2, -0.15) is 0 Å². The molecule has 108 valence electrons. The molecule has 5 heteroatoms. The maximum atomic E-state index is 11.2. The second-order valence-electron chi connectivity index (χ2n) is 5.15. The fourth-order valence-corrected chi connectivity index (χ4v) is 1.69. The summed E-state index contributed by atoms with van der Waals surface area (Å²) in [4.78, 5) is 3.49. The van der Waals surface area contributed by atoms with Gasteiger partial charge in [0.2, 0.25) is 0 Å². The Bertz CT molecular complexity index is 440. The molecule has 0 N–H and O–H groups in total. The van der Waals surface area contributed by atoms with Crippen molar-refractivity contribution in [2.24, 2.45) is 4.99 Å². The molecule has 0 aromatic heterocycles. The number of halogens is 1. The molecular formula is C14H23IN2O2. The van der Waals surface area contributed by atoms with Crippen molar-refractivity contribution < 1.29 is 9.84 Å². The summed E-state index contributed by atoms with van der Waals surface area (Å²) in [6.45, 7) is 2.11. The highest BCUT2D eigenvalue weighted by atomic mass is 127. The number of ether oxygens (including phenoxy) is 1. The standard InChI is InChI=1S/C14H22N2O2.HI/c1-6-7-11-10-12(16(3,4)5)8-9-13(11)18-14(17)15-2;/h8-10H,6-7H2,1-5H3;1H. The van der Waals surface area contributed by atoms with E-state index in [1.807, 2.05) is 12.1 Å². The van der Waals surface area contributed by atoms with Crippen LogP contribution in [0.15, 0.2) is 23.2 Å². The minimum Gasteiger partial charge on any atom is -0.566 e. The van der Waals surface area contributed by atoms with Crippen LogP contribution in [0.4, 0.5) is 5.69 Å². The molecule has 0 aliphatic heterocycles. The maximum Gasteiger partial charge on any atom is 0.149 e. The van der Waals surface area contributed by atoms with Gasteiger partial charge in [0.25, 0.3) is 0 Å². The predicted molar refractivity (Wildman–Crippen MR) is 89.4 cm³/mol. The molecule has 0 saturated heterocycles. The lowest BCUT2D eigenvalue weighted by molar-refractivity contribution is -0.240. The lowest BCUT2D eigenvalue weighted by Gasteiger charge is -2.26. The molecule has 0 aliphatic rings. The fourth-order valence-electron chi connectivity index (χ4n) is 1.69. The normalized spacial score (nSPS) is 11.9. The molecule has 0 unspecified atom stereocenters. The number of benzene rings is 1. The van der Waals surface area contributed by atoms with Crippen LogP contribution in [-0.2, 0) is 6.42 Å². The summed E-state index contributed by atoms with van der Waals surface area (Å²) >= 11 is 0. The van der Waals surface area contributed by atoms with Crippen molar-refractivity contribution in [3.05, 3.63) is 23.8 Å². The first-order chi connectivity index (χ1) is 8.38. The van der Waals surface area contributed by atoms with Crippen molar-refractivity contribution in [2.75, 3.05) is 28.2 Å². The van der Waals surface area contributed by atoms with Gasteiger partial charge in [-0.1, -0.05) is 13.3 Å². The first-order valence-corrected chi connectivity index (χ1v) is 6.15. The molecule has 0 atom stereocenters. The van der Waals surface area contributed by atoms with Crippen LogP contribution in [0, 0.1) is 0 Å². The average Bonchev–Trinajstić information content (AvgIpc) is 2.30. The van der Waals surface area contributed by atoms with Gasteiger partial charge >= 0.3 is 0 Å². The van der Waals surface area contributed by atoms with E-state index in [-0.39, 0.29) is 24.0 Å². The molecule has 1 rings (SSSR count). The second-order valence-corrected chi connectivity index (χ2v) is 5.15. The Kier molecular flexibility index (Phi) is 7.36. The van der Waals surface area contributed by atoms with Crippen LogP contribution in [0.25, 0.3) is 0 Å². The number of nitrogens with zero attached hydrogens (tertiary/aromatic N) is 2.